The van der Waals surface area contributed by atoms with Crippen LogP contribution >= 0.6 is 0 Å². The highest BCUT2D eigenvalue weighted by Crippen LogP contribution is 2.30. The summed E-state index contributed by atoms with van der Waals surface area (Å²) in [7, 11) is 0. The van der Waals surface area contributed by atoms with Crippen LogP contribution in [0.2, 0.25) is 0 Å². The Kier molecular flexibility index (Phi) is 6.89. The van der Waals surface area contributed by atoms with Gasteiger partial charge in [0.05, 0.1) is 5.69 Å². The number of benzene rings is 2. The molecule has 5 aromatic rings. The van der Waals surface area contributed by atoms with Gasteiger partial charge in [-0.2, -0.15) is 5.21 Å². The molecule has 1 N–H and O–H groups in total. The van der Waals surface area contributed by atoms with E-state index < -0.39 is 0 Å². The molecule has 5 rings (SSSR count). The first kappa shape index (κ1) is 22.5. The van der Waals surface area contributed by atoms with E-state index in [1.165, 1.54) is 5.56 Å². The zero-order chi connectivity index (χ0) is 23.9. The van der Waals surface area contributed by atoms with Crippen LogP contribution in [0.1, 0.15) is 36.8 Å². The molecule has 0 aliphatic carbocycles. The Morgan fingerprint density at radius 2 is 1.77 bits per heavy atom. The fraction of sp³-hybridized carbons (Fsp3) is 0.222. The van der Waals surface area contributed by atoms with Crippen molar-refractivity contribution in [1.82, 2.24) is 35.2 Å². The number of imidazole rings is 1. The third-order valence-electron chi connectivity index (χ3n) is 5.80. The molecule has 3 aromatic heterocycles. The molecule has 0 unspecified atom stereocenters. The Balaban J connectivity index is 1.34. The summed E-state index contributed by atoms with van der Waals surface area (Å²) in [6.45, 7) is 3.35. The zero-order valence-electron chi connectivity index (χ0n) is 19.6. The molecule has 0 saturated carbocycles. The van der Waals surface area contributed by atoms with Gasteiger partial charge in [-0.15, -0.1) is 10.2 Å². The zero-order valence-corrected chi connectivity index (χ0v) is 19.6. The number of ether oxygens (including phenoxy) is 1. The van der Waals surface area contributed by atoms with Crippen LogP contribution < -0.4 is 4.74 Å². The van der Waals surface area contributed by atoms with Gasteiger partial charge in [-0.3, -0.25) is 0 Å². The van der Waals surface area contributed by atoms with Crippen LogP contribution in [0.5, 0.6) is 5.88 Å². The summed E-state index contributed by atoms with van der Waals surface area (Å²) in [5.74, 6) is 2.27. The minimum absolute atomic E-state index is 0.398. The summed E-state index contributed by atoms with van der Waals surface area (Å²) in [6.07, 6.45) is 6.99. The molecule has 35 heavy (non-hydrogen) atoms. The first-order valence-electron chi connectivity index (χ1n) is 11.8. The number of aryl methyl sites for hydroxylation is 1. The Hall–Kier alpha value is -4.33. The number of hydrogen-bond donors (Lipinski definition) is 1. The van der Waals surface area contributed by atoms with Crippen molar-refractivity contribution in [2.24, 2.45) is 0 Å². The highest BCUT2D eigenvalue weighted by molar-refractivity contribution is 5.80. The van der Waals surface area contributed by atoms with Crippen LogP contribution in [0.4, 0.5) is 0 Å². The van der Waals surface area contributed by atoms with Crippen LogP contribution in [0.25, 0.3) is 22.5 Å². The second-order valence-corrected chi connectivity index (χ2v) is 8.31. The van der Waals surface area contributed by atoms with Crippen molar-refractivity contribution < 1.29 is 4.74 Å². The van der Waals surface area contributed by atoms with E-state index in [0.717, 1.165) is 54.0 Å². The molecule has 0 aliphatic rings. The number of tetrazole rings is 1. The monoisotopic (exact) mass is 465 g/mol. The number of H-pyrrole nitrogens is 1. The lowest BCUT2D eigenvalue weighted by molar-refractivity contribution is 0.289. The highest BCUT2D eigenvalue weighted by atomic mass is 16.5. The molecule has 8 nitrogen and oxygen atoms in total. The average molecular weight is 466 g/mol. The van der Waals surface area contributed by atoms with Gasteiger partial charge in [-0.25, -0.2) is 9.97 Å². The molecule has 0 bridgehead atoms. The van der Waals surface area contributed by atoms with Crippen LogP contribution in [0.15, 0.2) is 79.1 Å². The van der Waals surface area contributed by atoms with Crippen molar-refractivity contribution in [2.45, 2.75) is 39.3 Å². The molecule has 0 fully saturated rings. The molecule has 0 radical (unpaired) electrons. The summed E-state index contributed by atoms with van der Waals surface area (Å²) in [4.78, 5) is 9.08. The third-order valence-corrected chi connectivity index (χ3v) is 5.80. The Bertz CT molecular complexity index is 1350. The molecular formula is C27H27N7O. The van der Waals surface area contributed by atoms with E-state index in [-0.39, 0.29) is 0 Å². The maximum Gasteiger partial charge on any atom is 0.213 e. The SMILES string of the molecule is CCCCc1nc(COc2ccccn2)cn1Cc1ccc(-c2ccccc2-c2nn[nH]n2)cc1. The van der Waals surface area contributed by atoms with Crippen molar-refractivity contribution in [1.29, 1.82) is 0 Å². The van der Waals surface area contributed by atoms with Crippen LogP contribution in [-0.2, 0) is 19.6 Å². The Morgan fingerprint density at radius 3 is 2.51 bits per heavy atom. The van der Waals surface area contributed by atoms with E-state index >= 15 is 0 Å². The second kappa shape index (κ2) is 10.7. The molecule has 2 aromatic carbocycles. The van der Waals surface area contributed by atoms with Crippen LogP contribution in [-0.4, -0.2) is 35.2 Å². The number of aromatic amines is 1. The predicted octanol–water partition coefficient (Wildman–Crippen LogP) is 5.10. The molecule has 0 amide bonds. The van der Waals surface area contributed by atoms with Crippen molar-refractivity contribution in [2.75, 3.05) is 0 Å². The maximum absolute atomic E-state index is 5.82. The minimum Gasteiger partial charge on any atom is -0.471 e. The average Bonchev–Trinajstić information content (AvgIpc) is 3.58. The second-order valence-electron chi connectivity index (χ2n) is 8.31. The van der Waals surface area contributed by atoms with E-state index in [4.69, 9.17) is 9.72 Å². The van der Waals surface area contributed by atoms with Gasteiger partial charge in [-0.1, -0.05) is 67.9 Å². The molecule has 176 valence electrons. The topological polar surface area (TPSA) is 94.4 Å². The van der Waals surface area contributed by atoms with E-state index in [9.17, 15) is 0 Å². The van der Waals surface area contributed by atoms with Gasteiger partial charge >= 0.3 is 0 Å². The summed E-state index contributed by atoms with van der Waals surface area (Å²) in [6, 6.07) is 22.3. The smallest absolute Gasteiger partial charge is 0.213 e. The van der Waals surface area contributed by atoms with Crippen molar-refractivity contribution in [3.05, 3.63) is 96.2 Å². The quantitative estimate of drug-likeness (QED) is 0.309. The fourth-order valence-corrected chi connectivity index (χ4v) is 4.03. The van der Waals surface area contributed by atoms with Gasteiger partial charge in [0.1, 0.15) is 12.4 Å². The molecule has 3 heterocycles. The number of unbranched alkanes of at least 4 members (excludes halogenated alkanes) is 1. The number of nitrogens with one attached hydrogen (secondary N) is 1. The van der Waals surface area contributed by atoms with Crippen molar-refractivity contribution in [3.8, 4) is 28.4 Å². The predicted molar refractivity (Wildman–Crippen MR) is 134 cm³/mol. The first-order chi connectivity index (χ1) is 17.3. The Labute approximate surface area is 204 Å². The van der Waals surface area contributed by atoms with Gasteiger partial charge < -0.3 is 9.30 Å². The van der Waals surface area contributed by atoms with Gasteiger partial charge in [0.2, 0.25) is 11.7 Å². The number of pyridine rings is 1. The van der Waals surface area contributed by atoms with Gasteiger partial charge in [0, 0.05) is 37.0 Å². The third kappa shape index (κ3) is 5.43. The van der Waals surface area contributed by atoms with Crippen LogP contribution in [0.3, 0.4) is 0 Å². The summed E-state index contributed by atoms with van der Waals surface area (Å²) in [5.41, 5.74) is 5.24. The lowest BCUT2D eigenvalue weighted by Gasteiger charge is -2.10. The van der Waals surface area contributed by atoms with E-state index in [2.05, 4.69) is 73.6 Å². The highest BCUT2D eigenvalue weighted by Gasteiger charge is 2.12. The van der Waals surface area contributed by atoms with Gasteiger partial charge in [0.25, 0.3) is 0 Å². The van der Waals surface area contributed by atoms with E-state index in [0.29, 0.717) is 18.3 Å². The Morgan fingerprint density at radius 1 is 0.943 bits per heavy atom. The van der Waals surface area contributed by atoms with Gasteiger partial charge in [-0.05, 0) is 34.4 Å². The molecular weight excluding hydrogens is 438 g/mol. The lowest BCUT2D eigenvalue weighted by Crippen LogP contribution is -2.04. The van der Waals surface area contributed by atoms with Crippen LogP contribution in [0, 0.1) is 0 Å². The summed E-state index contributed by atoms with van der Waals surface area (Å²) < 4.78 is 8.05. The molecule has 0 saturated heterocycles. The number of hydrogen-bond acceptors (Lipinski definition) is 6. The lowest BCUT2D eigenvalue weighted by atomic mass is 9.98. The first-order valence-corrected chi connectivity index (χ1v) is 11.8. The van der Waals surface area contributed by atoms with Crippen molar-refractivity contribution in [3.63, 3.8) is 0 Å². The van der Waals surface area contributed by atoms with Gasteiger partial charge in [0.15, 0.2) is 0 Å². The molecule has 0 spiro atoms. The molecule has 0 atom stereocenters. The fourth-order valence-electron chi connectivity index (χ4n) is 4.03. The number of aromatic nitrogens is 7. The van der Waals surface area contributed by atoms with E-state index in [1.54, 1.807) is 6.20 Å². The number of rotatable bonds is 10. The van der Waals surface area contributed by atoms with E-state index in [1.807, 2.05) is 36.4 Å². The number of nitrogens with zero attached hydrogens (tertiary/aromatic N) is 6. The summed E-state index contributed by atoms with van der Waals surface area (Å²) in [5, 5.41) is 14.5. The normalized spacial score (nSPS) is 11.0. The summed E-state index contributed by atoms with van der Waals surface area (Å²) >= 11 is 0. The standard InChI is InChI=1S/C27H27N7O/c1-2-3-10-25-29-22(19-35-26-11-6-7-16-28-26)18-34(25)17-20-12-14-21(15-13-20)23-8-4-5-9-24(23)27-30-32-33-31-27/h4-9,11-16,18H,2-3,10,17,19H2,1H3,(H,30,31,32,33). The van der Waals surface area contributed by atoms with Crippen molar-refractivity contribution >= 4 is 0 Å². The molecule has 8 heteroatoms. The largest absolute Gasteiger partial charge is 0.471 e. The maximum atomic E-state index is 5.82. The molecule has 0 aliphatic heterocycles. The minimum atomic E-state index is 0.398.